The zero-order chi connectivity index (χ0) is 19.8. The Bertz CT molecular complexity index is 894. The molecule has 1 amide bonds. The number of pyridine rings is 1. The van der Waals surface area contributed by atoms with E-state index in [-0.39, 0.29) is 17.9 Å². The molecule has 1 fully saturated rings. The number of aromatic nitrogens is 3. The van der Waals surface area contributed by atoms with Crippen molar-refractivity contribution in [1.29, 1.82) is 0 Å². The Morgan fingerprint density at radius 3 is 2.74 bits per heavy atom. The normalized spacial score (nSPS) is 19.8. The van der Waals surface area contributed by atoms with Crippen LogP contribution in [0.1, 0.15) is 51.2 Å². The Labute approximate surface area is 158 Å². The van der Waals surface area contributed by atoms with Crippen LogP contribution in [0.3, 0.4) is 0 Å². The molecule has 142 valence electrons. The Hall–Kier alpha value is -2.88. The molecule has 0 spiro atoms. The predicted octanol–water partition coefficient (Wildman–Crippen LogP) is 3.79. The fraction of sp³-hybridized carbons (Fsp3) is 0.450. The van der Waals surface area contributed by atoms with Gasteiger partial charge < -0.3 is 4.74 Å². The summed E-state index contributed by atoms with van der Waals surface area (Å²) >= 11 is 0. The van der Waals surface area contributed by atoms with E-state index in [1.165, 1.54) is 6.07 Å². The molecule has 0 saturated carbocycles. The molecule has 0 radical (unpaired) electrons. The number of carbonyl (C=O) groups is 1. The van der Waals surface area contributed by atoms with Gasteiger partial charge in [-0.3, -0.25) is 9.47 Å². The van der Waals surface area contributed by atoms with Crippen LogP contribution in [0.2, 0.25) is 0 Å². The number of rotatable bonds is 2. The van der Waals surface area contributed by atoms with Crippen molar-refractivity contribution in [2.24, 2.45) is 0 Å². The maximum Gasteiger partial charge on any atom is 0.411 e. The average molecular weight is 370 g/mol. The fourth-order valence-corrected chi connectivity index (χ4v) is 3.22. The van der Waals surface area contributed by atoms with E-state index in [9.17, 15) is 9.18 Å². The van der Waals surface area contributed by atoms with E-state index in [1.807, 2.05) is 20.8 Å². The summed E-state index contributed by atoms with van der Waals surface area (Å²) in [5.74, 6) is 3.46. The third-order valence-electron chi connectivity index (χ3n) is 4.40. The molecule has 1 aliphatic rings. The van der Waals surface area contributed by atoms with Crippen molar-refractivity contribution in [2.45, 2.75) is 58.2 Å². The minimum Gasteiger partial charge on any atom is -0.444 e. The van der Waals surface area contributed by atoms with Crippen LogP contribution in [0.4, 0.5) is 9.18 Å². The highest BCUT2D eigenvalue weighted by Crippen LogP contribution is 2.37. The topological polar surface area (TPSA) is 60.2 Å². The molecule has 0 aromatic carbocycles. The lowest BCUT2D eigenvalue weighted by atomic mass is 10.2. The van der Waals surface area contributed by atoms with E-state index >= 15 is 0 Å². The number of terminal acetylenes is 1. The molecule has 3 heterocycles. The number of hydrogen-bond donors (Lipinski definition) is 0. The van der Waals surface area contributed by atoms with Gasteiger partial charge in [-0.25, -0.2) is 19.2 Å². The van der Waals surface area contributed by atoms with E-state index < -0.39 is 11.7 Å². The number of nitrogens with zero attached hydrogens (tertiary/aromatic N) is 4. The van der Waals surface area contributed by atoms with Crippen LogP contribution in [0.5, 0.6) is 0 Å². The third-order valence-corrected chi connectivity index (χ3v) is 4.40. The summed E-state index contributed by atoms with van der Waals surface area (Å²) in [6.07, 6.45) is 9.87. The SMILES string of the molecule is C#C[C@@H]1CC[C@@H](c2nccn2-c2ccc(F)c(C)n2)N1C(=O)OC(C)(C)C. The number of imidazole rings is 1. The molecule has 0 N–H and O–H groups in total. The Kier molecular flexibility index (Phi) is 4.92. The maximum absolute atomic E-state index is 13.6. The van der Waals surface area contributed by atoms with Gasteiger partial charge in [-0.1, -0.05) is 5.92 Å². The zero-order valence-electron chi connectivity index (χ0n) is 15.9. The highest BCUT2D eigenvalue weighted by molar-refractivity contribution is 5.70. The van der Waals surface area contributed by atoms with Crippen molar-refractivity contribution in [3.63, 3.8) is 0 Å². The van der Waals surface area contributed by atoms with Crippen molar-refractivity contribution in [3.8, 4) is 18.2 Å². The number of amides is 1. The number of carbonyl (C=O) groups excluding carboxylic acids is 1. The zero-order valence-corrected chi connectivity index (χ0v) is 15.9. The van der Waals surface area contributed by atoms with Gasteiger partial charge in [0, 0.05) is 12.4 Å². The van der Waals surface area contributed by atoms with Crippen molar-refractivity contribution < 1.29 is 13.9 Å². The van der Waals surface area contributed by atoms with Gasteiger partial charge in [0.2, 0.25) is 0 Å². The maximum atomic E-state index is 13.6. The van der Waals surface area contributed by atoms with E-state index in [0.717, 1.165) is 0 Å². The first-order valence-corrected chi connectivity index (χ1v) is 8.85. The lowest BCUT2D eigenvalue weighted by Gasteiger charge is -2.30. The largest absolute Gasteiger partial charge is 0.444 e. The molecule has 27 heavy (non-hydrogen) atoms. The van der Waals surface area contributed by atoms with Crippen LogP contribution >= 0.6 is 0 Å². The molecule has 2 aromatic heterocycles. The Morgan fingerprint density at radius 2 is 2.11 bits per heavy atom. The first-order chi connectivity index (χ1) is 12.7. The van der Waals surface area contributed by atoms with Gasteiger partial charge in [-0.2, -0.15) is 0 Å². The first-order valence-electron chi connectivity index (χ1n) is 8.85. The third kappa shape index (κ3) is 3.80. The monoisotopic (exact) mass is 370 g/mol. The lowest BCUT2D eigenvalue weighted by Crippen LogP contribution is -2.41. The lowest BCUT2D eigenvalue weighted by molar-refractivity contribution is 0.0176. The highest BCUT2D eigenvalue weighted by Gasteiger charge is 2.41. The molecule has 2 aromatic rings. The molecule has 6 nitrogen and oxygen atoms in total. The minimum atomic E-state index is -0.631. The summed E-state index contributed by atoms with van der Waals surface area (Å²) in [4.78, 5) is 23.1. The molecule has 2 atom stereocenters. The Balaban J connectivity index is 1.98. The summed E-state index contributed by atoms with van der Waals surface area (Å²) in [5, 5.41) is 0. The molecule has 1 aliphatic heterocycles. The molecular formula is C20H23FN4O2. The van der Waals surface area contributed by atoms with Gasteiger partial charge in [0.05, 0.1) is 17.8 Å². The van der Waals surface area contributed by atoms with Gasteiger partial charge >= 0.3 is 6.09 Å². The van der Waals surface area contributed by atoms with Crippen LogP contribution < -0.4 is 0 Å². The second-order valence-corrected chi connectivity index (χ2v) is 7.56. The Morgan fingerprint density at radius 1 is 1.37 bits per heavy atom. The van der Waals surface area contributed by atoms with Crippen molar-refractivity contribution in [3.05, 3.63) is 41.9 Å². The van der Waals surface area contributed by atoms with Crippen LogP contribution in [0, 0.1) is 25.1 Å². The predicted molar refractivity (Wildman–Crippen MR) is 98.7 cm³/mol. The van der Waals surface area contributed by atoms with E-state index in [4.69, 9.17) is 11.2 Å². The van der Waals surface area contributed by atoms with E-state index in [0.29, 0.717) is 30.2 Å². The molecule has 0 aliphatic carbocycles. The number of halogens is 1. The fourth-order valence-electron chi connectivity index (χ4n) is 3.22. The second-order valence-electron chi connectivity index (χ2n) is 7.56. The van der Waals surface area contributed by atoms with Crippen LogP contribution in [-0.2, 0) is 4.74 Å². The highest BCUT2D eigenvalue weighted by atomic mass is 19.1. The van der Waals surface area contributed by atoms with Crippen molar-refractivity contribution >= 4 is 6.09 Å². The van der Waals surface area contributed by atoms with Crippen LogP contribution in [0.15, 0.2) is 24.5 Å². The molecular weight excluding hydrogens is 347 g/mol. The number of aryl methyl sites for hydroxylation is 1. The molecule has 0 bridgehead atoms. The molecule has 0 unspecified atom stereocenters. The van der Waals surface area contributed by atoms with E-state index in [1.54, 1.807) is 34.9 Å². The van der Waals surface area contributed by atoms with Gasteiger partial charge in [-0.15, -0.1) is 6.42 Å². The summed E-state index contributed by atoms with van der Waals surface area (Å²) in [7, 11) is 0. The number of likely N-dealkylation sites (tertiary alicyclic amines) is 1. The molecule has 1 saturated heterocycles. The summed E-state index contributed by atoms with van der Waals surface area (Å²) in [5.41, 5.74) is -0.335. The second kappa shape index (κ2) is 7.03. The quantitative estimate of drug-likeness (QED) is 0.755. The van der Waals surface area contributed by atoms with Gasteiger partial charge in [0.25, 0.3) is 0 Å². The van der Waals surface area contributed by atoms with Gasteiger partial charge in [0.1, 0.15) is 23.1 Å². The average Bonchev–Trinajstić information content (AvgIpc) is 3.21. The summed E-state index contributed by atoms with van der Waals surface area (Å²) in [6, 6.07) is 2.24. The first kappa shape index (κ1) is 18.9. The van der Waals surface area contributed by atoms with E-state index in [2.05, 4.69) is 15.9 Å². The molecule has 3 rings (SSSR count). The van der Waals surface area contributed by atoms with Crippen LogP contribution in [-0.4, -0.2) is 37.2 Å². The standard InChI is InChI=1S/C20H23FN4O2/c1-6-14-7-9-16(25(14)19(26)27-20(3,4)5)18-22-11-12-24(18)17-10-8-15(21)13(2)23-17/h1,8,10-12,14,16H,7,9H2,2-5H3/t14-,16+/m1/s1. The summed E-state index contributed by atoms with van der Waals surface area (Å²) < 4.78 is 20.9. The minimum absolute atomic E-state index is 0.295. The van der Waals surface area contributed by atoms with Crippen molar-refractivity contribution in [2.75, 3.05) is 0 Å². The van der Waals surface area contributed by atoms with Crippen LogP contribution in [0.25, 0.3) is 5.82 Å². The number of hydrogen-bond acceptors (Lipinski definition) is 4. The summed E-state index contributed by atoms with van der Waals surface area (Å²) in [6.45, 7) is 7.04. The van der Waals surface area contributed by atoms with Gasteiger partial charge in [0.15, 0.2) is 0 Å². The number of ether oxygens (including phenoxy) is 1. The van der Waals surface area contributed by atoms with Crippen molar-refractivity contribution in [1.82, 2.24) is 19.4 Å². The van der Waals surface area contributed by atoms with Gasteiger partial charge in [-0.05, 0) is 52.7 Å². The smallest absolute Gasteiger partial charge is 0.411 e. The molecule has 7 heteroatoms.